The number of hydrogen-bond donors (Lipinski definition) is 4. The summed E-state index contributed by atoms with van der Waals surface area (Å²) >= 11 is 0. The van der Waals surface area contributed by atoms with Crippen molar-refractivity contribution < 1.29 is 28.4 Å². The molecule has 13 nitrogen and oxygen atoms in total. The number of alkyl carbamates (subject to hydrolysis) is 1. The number of ether oxygens (including phenoxy) is 2. The lowest BCUT2D eigenvalue weighted by atomic mass is 9.49. The van der Waals surface area contributed by atoms with Crippen molar-refractivity contribution in [3.8, 4) is 17.2 Å². The van der Waals surface area contributed by atoms with Gasteiger partial charge in [-0.05, 0) is 58.6 Å². The van der Waals surface area contributed by atoms with Crippen LogP contribution in [0.15, 0.2) is 35.0 Å². The summed E-state index contributed by atoms with van der Waals surface area (Å²) in [6, 6.07) is 6.64. The largest absolute Gasteiger partial charge is 0.494 e. The first kappa shape index (κ1) is 31.0. The minimum absolute atomic E-state index is 0.0385. The van der Waals surface area contributed by atoms with Crippen molar-refractivity contribution >= 4 is 58.6 Å². The number of benzene rings is 1. The van der Waals surface area contributed by atoms with Crippen molar-refractivity contribution in [2.24, 2.45) is 5.92 Å². The quantitative estimate of drug-likeness (QED) is 0.257. The Morgan fingerprint density at radius 1 is 1.09 bits per heavy atom. The average molecular weight is 593 g/mol. The molecular formula is C28H30B3N7O6. The maximum atomic E-state index is 13.0. The number of anilines is 3. The summed E-state index contributed by atoms with van der Waals surface area (Å²) in [5, 5.41) is 13.2. The van der Waals surface area contributed by atoms with Crippen LogP contribution in [0.5, 0.6) is 5.75 Å². The van der Waals surface area contributed by atoms with E-state index in [2.05, 4.69) is 36.4 Å². The van der Waals surface area contributed by atoms with Crippen LogP contribution in [0.3, 0.4) is 0 Å². The minimum Gasteiger partial charge on any atom is -0.494 e. The van der Waals surface area contributed by atoms with Gasteiger partial charge < -0.3 is 35.3 Å². The molecule has 6 radical (unpaired) electrons. The fourth-order valence-corrected chi connectivity index (χ4v) is 4.37. The van der Waals surface area contributed by atoms with E-state index in [1.54, 1.807) is 39.0 Å². The molecule has 2 fully saturated rings. The first-order chi connectivity index (χ1) is 20.7. The lowest BCUT2D eigenvalue weighted by Crippen LogP contribution is -2.50. The first-order valence-electron chi connectivity index (χ1n) is 14.0. The van der Waals surface area contributed by atoms with E-state index in [1.807, 2.05) is 0 Å². The van der Waals surface area contributed by atoms with E-state index in [4.69, 9.17) is 37.5 Å². The molecule has 0 bridgehead atoms. The fraction of sp³-hybridized carbons (Fsp3) is 0.429. The Hall–Kier alpha value is -4.49. The van der Waals surface area contributed by atoms with Gasteiger partial charge >= 0.3 is 6.09 Å². The highest BCUT2D eigenvalue weighted by atomic mass is 16.6. The SMILES string of the molecule is [B]C([B])([B])NC(=O)c1cnc(NC(=O)C2CC2)cc1Nc1cccc(-c2nc(C3(NC(=O)OC(C)(C)C)CC3)no2)c1OC. The number of hydrogen-bond acceptors (Lipinski definition) is 10. The molecule has 2 aromatic heterocycles. The van der Waals surface area contributed by atoms with Crippen molar-refractivity contribution in [3.05, 3.63) is 41.9 Å². The van der Waals surface area contributed by atoms with E-state index < -0.39 is 28.4 Å². The van der Waals surface area contributed by atoms with Crippen molar-refractivity contribution in [2.75, 3.05) is 17.7 Å². The molecule has 1 aromatic carbocycles. The highest BCUT2D eigenvalue weighted by molar-refractivity contribution is 6.60. The average Bonchev–Trinajstić information content (AvgIpc) is 3.85. The van der Waals surface area contributed by atoms with Gasteiger partial charge in [0.05, 0.1) is 53.2 Å². The zero-order chi connectivity index (χ0) is 31.9. The van der Waals surface area contributed by atoms with Gasteiger partial charge in [0.15, 0.2) is 11.6 Å². The van der Waals surface area contributed by atoms with E-state index in [-0.39, 0.29) is 34.8 Å². The molecular weight excluding hydrogens is 563 g/mol. The third-order valence-electron chi connectivity index (χ3n) is 6.74. The molecule has 222 valence electrons. The summed E-state index contributed by atoms with van der Waals surface area (Å²) in [4.78, 5) is 46.6. The molecule has 2 aliphatic carbocycles. The molecule has 0 aliphatic heterocycles. The van der Waals surface area contributed by atoms with Gasteiger partial charge in [-0.1, -0.05) is 16.5 Å². The Kier molecular flexibility index (Phi) is 8.12. The fourth-order valence-electron chi connectivity index (χ4n) is 4.37. The molecule has 16 heteroatoms. The van der Waals surface area contributed by atoms with E-state index in [0.717, 1.165) is 12.8 Å². The Bertz CT molecular complexity index is 1590. The third-order valence-corrected chi connectivity index (χ3v) is 6.74. The van der Waals surface area contributed by atoms with Crippen LogP contribution in [0, 0.1) is 5.92 Å². The van der Waals surface area contributed by atoms with Crippen LogP contribution in [0.4, 0.5) is 22.0 Å². The van der Waals surface area contributed by atoms with Crippen LogP contribution >= 0.6 is 0 Å². The zero-order valence-corrected chi connectivity index (χ0v) is 24.8. The van der Waals surface area contributed by atoms with Crippen LogP contribution < -0.4 is 26.0 Å². The smallest absolute Gasteiger partial charge is 0.408 e. The topological polar surface area (TPSA) is 170 Å². The van der Waals surface area contributed by atoms with Crippen LogP contribution in [-0.2, 0) is 15.1 Å². The number of methoxy groups -OCH3 is 1. The maximum absolute atomic E-state index is 13.0. The molecule has 5 rings (SSSR count). The minimum atomic E-state index is -1.99. The molecule has 2 saturated carbocycles. The number of pyridine rings is 1. The van der Waals surface area contributed by atoms with E-state index >= 15 is 0 Å². The lowest BCUT2D eigenvalue weighted by molar-refractivity contribution is -0.117. The van der Waals surface area contributed by atoms with Crippen LogP contribution in [0.1, 0.15) is 62.6 Å². The van der Waals surface area contributed by atoms with Gasteiger partial charge in [-0.25, -0.2) is 9.78 Å². The summed E-state index contributed by atoms with van der Waals surface area (Å²) in [5.41, 5.74) is -0.319. The Morgan fingerprint density at radius 3 is 2.43 bits per heavy atom. The van der Waals surface area contributed by atoms with Gasteiger partial charge in [0.2, 0.25) is 5.91 Å². The lowest BCUT2D eigenvalue weighted by Gasteiger charge is -2.23. The second kappa shape index (κ2) is 11.5. The molecule has 0 unspecified atom stereocenters. The molecule has 2 aliphatic rings. The molecule has 0 saturated heterocycles. The predicted molar refractivity (Wildman–Crippen MR) is 163 cm³/mol. The molecule has 44 heavy (non-hydrogen) atoms. The van der Waals surface area contributed by atoms with Crippen LogP contribution in [0.25, 0.3) is 11.5 Å². The Labute approximate surface area is 258 Å². The van der Waals surface area contributed by atoms with Crippen molar-refractivity contribution in [3.63, 3.8) is 0 Å². The van der Waals surface area contributed by atoms with E-state index in [0.29, 0.717) is 35.7 Å². The second-order valence-corrected chi connectivity index (χ2v) is 11.9. The van der Waals surface area contributed by atoms with Gasteiger partial charge in [0.25, 0.3) is 11.8 Å². The molecule has 3 amide bonds. The van der Waals surface area contributed by atoms with Crippen LogP contribution in [0.2, 0.25) is 0 Å². The number of amides is 3. The number of rotatable bonds is 10. The molecule has 0 spiro atoms. The Balaban J connectivity index is 1.44. The van der Waals surface area contributed by atoms with E-state index in [9.17, 15) is 14.4 Å². The summed E-state index contributed by atoms with van der Waals surface area (Å²) in [6.45, 7) is 5.33. The van der Waals surface area contributed by atoms with Crippen molar-refractivity contribution in [1.82, 2.24) is 25.8 Å². The molecule has 4 N–H and O–H groups in total. The van der Waals surface area contributed by atoms with Gasteiger partial charge in [-0.2, -0.15) is 4.98 Å². The van der Waals surface area contributed by atoms with Gasteiger partial charge in [-0.15, -0.1) is 0 Å². The van der Waals surface area contributed by atoms with Crippen LogP contribution in [-0.4, -0.2) is 74.5 Å². The highest BCUT2D eigenvalue weighted by Gasteiger charge is 2.51. The molecule has 2 heterocycles. The Morgan fingerprint density at radius 2 is 1.82 bits per heavy atom. The number of nitrogens with one attached hydrogen (secondary N) is 4. The monoisotopic (exact) mass is 593 g/mol. The second-order valence-electron chi connectivity index (χ2n) is 11.9. The predicted octanol–water partition coefficient (Wildman–Crippen LogP) is 2.59. The zero-order valence-electron chi connectivity index (χ0n) is 24.8. The first-order valence-corrected chi connectivity index (χ1v) is 14.0. The van der Waals surface area contributed by atoms with E-state index in [1.165, 1.54) is 19.4 Å². The number of para-hydroxylation sites is 1. The van der Waals surface area contributed by atoms with Crippen molar-refractivity contribution in [2.45, 2.75) is 62.8 Å². The number of aromatic nitrogens is 3. The van der Waals surface area contributed by atoms with Gasteiger partial charge in [0.1, 0.15) is 17.0 Å². The van der Waals surface area contributed by atoms with Crippen molar-refractivity contribution in [1.29, 1.82) is 0 Å². The summed E-state index contributed by atoms with van der Waals surface area (Å²) in [6.07, 6.45) is 3.54. The molecule has 3 aromatic rings. The summed E-state index contributed by atoms with van der Waals surface area (Å²) in [7, 11) is 18.2. The summed E-state index contributed by atoms with van der Waals surface area (Å²) in [5.74, 6) is 0.0467. The molecule has 0 atom stereocenters. The van der Waals surface area contributed by atoms with Gasteiger partial charge in [0, 0.05) is 18.2 Å². The van der Waals surface area contributed by atoms with Gasteiger partial charge in [-0.3, -0.25) is 9.59 Å². The normalized spacial score (nSPS) is 15.5. The number of carbonyl (C=O) groups is 3. The standard InChI is InChI=1S/C28H30B3N7O6/c1-26(2,3)43-25(41)37-27(10-11-27)24-35-23(44-38-24)15-6-5-7-17(20(15)42-4)33-18-12-19(34-21(39)14-8-9-14)32-13-16(18)22(40)36-28(29,30)31/h5-7,12-14H,8-11H2,1-4H3,(H,36,40)(H,37,41)(H2,32,33,34,39). The highest BCUT2D eigenvalue weighted by Crippen LogP contribution is 2.46. The third kappa shape index (κ3) is 7.35. The summed E-state index contributed by atoms with van der Waals surface area (Å²) < 4.78 is 16.7. The number of carbonyl (C=O) groups excluding carboxylic acids is 3. The maximum Gasteiger partial charge on any atom is 0.408 e. The number of nitrogens with zero attached hydrogens (tertiary/aromatic N) is 3.